The molecule has 2 rings (SSSR count). The van der Waals surface area contributed by atoms with Crippen molar-refractivity contribution in [2.24, 2.45) is 11.7 Å². The van der Waals surface area contributed by atoms with Crippen LogP contribution in [0.4, 0.5) is 8.78 Å². The van der Waals surface area contributed by atoms with Crippen molar-refractivity contribution in [1.82, 2.24) is 4.90 Å². The van der Waals surface area contributed by atoms with Gasteiger partial charge in [-0.05, 0) is 37.8 Å². The first-order valence-corrected chi connectivity index (χ1v) is 6.49. The number of hydrogen-bond acceptors (Lipinski definition) is 2. The molecule has 0 saturated carbocycles. The van der Waals surface area contributed by atoms with E-state index in [9.17, 15) is 13.6 Å². The van der Waals surface area contributed by atoms with E-state index in [1.54, 1.807) is 4.90 Å². The van der Waals surface area contributed by atoms with Gasteiger partial charge >= 0.3 is 0 Å². The van der Waals surface area contributed by atoms with Crippen LogP contribution in [0.3, 0.4) is 0 Å². The van der Waals surface area contributed by atoms with E-state index < -0.39 is 17.5 Å². The van der Waals surface area contributed by atoms with E-state index in [1.807, 2.05) is 6.92 Å². The van der Waals surface area contributed by atoms with Crippen LogP contribution in [0, 0.1) is 17.6 Å². The average molecular weight is 305 g/mol. The minimum Gasteiger partial charge on any atom is -0.338 e. The lowest BCUT2D eigenvalue weighted by molar-refractivity contribution is 0.0655. The summed E-state index contributed by atoms with van der Waals surface area (Å²) in [7, 11) is 0. The molecule has 1 aliphatic heterocycles. The summed E-state index contributed by atoms with van der Waals surface area (Å²) in [4.78, 5) is 13.8. The van der Waals surface area contributed by atoms with Crippen LogP contribution in [0.15, 0.2) is 18.2 Å². The lowest BCUT2D eigenvalue weighted by atomic mass is 9.92. The molecule has 0 spiro atoms. The number of rotatable bonds is 2. The number of hydrogen-bond donors (Lipinski definition) is 1. The summed E-state index contributed by atoms with van der Waals surface area (Å²) >= 11 is 0. The number of likely N-dealkylation sites (tertiary alicyclic amines) is 1. The lowest BCUT2D eigenvalue weighted by Gasteiger charge is -2.34. The van der Waals surface area contributed by atoms with Crippen LogP contribution in [-0.2, 0) is 0 Å². The molecular formula is C14H19ClF2N2O. The van der Waals surface area contributed by atoms with Gasteiger partial charge in [0.1, 0.15) is 0 Å². The Morgan fingerprint density at radius 1 is 1.45 bits per heavy atom. The van der Waals surface area contributed by atoms with Crippen molar-refractivity contribution in [1.29, 1.82) is 0 Å². The normalized spacial score (nSPS) is 20.2. The van der Waals surface area contributed by atoms with Crippen LogP contribution < -0.4 is 5.73 Å². The van der Waals surface area contributed by atoms with Gasteiger partial charge in [-0.3, -0.25) is 4.79 Å². The maximum atomic E-state index is 13.6. The van der Waals surface area contributed by atoms with Crippen molar-refractivity contribution in [3.8, 4) is 0 Å². The molecule has 112 valence electrons. The zero-order chi connectivity index (χ0) is 14.0. The van der Waals surface area contributed by atoms with Crippen molar-refractivity contribution in [2.75, 3.05) is 13.1 Å². The van der Waals surface area contributed by atoms with Gasteiger partial charge in [0.15, 0.2) is 11.6 Å². The first kappa shape index (κ1) is 16.9. The van der Waals surface area contributed by atoms with Crippen molar-refractivity contribution in [3.05, 3.63) is 35.4 Å². The Labute approximate surface area is 123 Å². The molecule has 1 aliphatic rings. The molecular weight excluding hydrogens is 286 g/mol. The number of benzene rings is 1. The fraction of sp³-hybridized carbons (Fsp3) is 0.500. The van der Waals surface area contributed by atoms with Crippen molar-refractivity contribution < 1.29 is 13.6 Å². The highest BCUT2D eigenvalue weighted by Crippen LogP contribution is 2.22. The molecule has 2 N–H and O–H groups in total. The summed E-state index contributed by atoms with van der Waals surface area (Å²) in [5.41, 5.74) is 5.65. The quantitative estimate of drug-likeness (QED) is 0.913. The fourth-order valence-corrected chi connectivity index (χ4v) is 2.46. The van der Waals surface area contributed by atoms with Gasteiger partial charge in [0, 0.05) is 19.1 Å². The number of nitrogens with two attached hydrogens (primary N) is 1. The van der Waals surface area contributed by atoms with Crippen LogP contribution in [0.5, 0.6) is 0 Å². The molecule has 1 saturated heterocycles. The molecule has 2 unspecified atom stereocenters. The maximum Gasteiger partial charge on any atom is 0.256 e. The Balaban J connectivity index is 0.00000200. The number of carbonyl (C=O) groups excluding carboxylic acids is 1. The van der Waals surface area contributed by atoms with Crippen LogP contribution in [0.2, 0.25) is 0 Å². The van der Waals surface area contributed by atoms with E-state index in [4.69, 9.17) is 5.73 Å². The fourth-order valence-electron chi connectivity index (χ4n) is 2.46. The van der Waals surface area contributed by atoms with Gasteiger partial charge in [-0.25, -0.2) is 8.78 Å². The first-order valence-electron chi connectivity index (χ1n) is 6.49. The molecule has 1 aromatic rings. The Morgan fingerprint density at radius 2 is 2.15 bits per heavy atom. The molecule has 20 heavy (non-hydrogen) atoms. The van der Waals surface area contributed by atoms with E-state index in [0.717, 1.165) is 18.9 Å². The van der Waals surface area contributed by atoms with E-state index in [-0.39, 0.29) is 29.9 Å². The van der Waals surface area contributed by atoms with Crippen LogP contribution >= 0.6 is 12.4 Å². The van der Waals surface area contributed by atoms with Gasteiger partial charge in [-0.15, -0.1) is 12.4 Å². The van der Waals surface area contributed by atoms with Crippen molar-refractivity contribution >= 4 is 18.3 Å². The second-order valence-corrected chi connectivity index (χ2v) is 5.11. The SMILES string of the molecule is CC(N)C1CCCN(C(=O)c2cccc(F)c2F)C1.Cl. The Kier molecular flexibility index (Phi) is 5.89. The first-order chi connectivity index (χ1) is 9.00. The minimum absolute atomic E-state index is 0. The zero-order valence-electron chi connectivity index (χ0n) is 11.3. The second-order valence-electron chi connectivity index (χ2n) is 5.11. The highest BCUT2D eigenvalue weighted by Gasteiger charge is 2.28. The van der Waals surface area contributed by atoms with E-state index in [0.29, 0.717) is 13.1 Å². The third-order valence-corrected chi connectivity index (χ3v) is 3.67. The van der Waals surface area contributed by atoms with E-state index in [2.05, 4.69) is 0 Å². The highest BCUT2D eigenvalue weighted by molar-refractivity contribution is 5.94. The summed E-state index contributed by atoms with van der Waals surface area (Å²) in [6, 6.07) is 3.66. The molecule has 1 amide bonds. The zero-order valence-corrected chi connectivity index (χ0v) is 12.1. The number of carbonyl (C=O) groups is 1. The monoisotopic (exact) mass is 304 g/mol. The maximum absolute atomic E-state index is 13.6. The predicted molar refractivity (Wildman–Crippen MR) is 75.9 cm³/mol. The molecule has 2 atom stereocenters. The van der Waals surface area contributed by atoms with Gasteiger partial charge in [0.25, 0.3) is 5.91 Å². The predicted octanol–water partition coefficient (Wildman–Crippen LogP) is 2.59. The highest BCUT2D eigenvalue weighted by atomic mass is 35.5. The van der Waals surface area contributed by atoms with Crippen LogP contribution in [0.25, 0.3) is 0 Å². The Morgan fingerprint density at radius 3 is 2.80 bits per heavy atom. The Bertz CT molecular complexity index is 482. The Hall–Kier alpha value is -1.20. The molecule has 0 bridgehead atoms. The number of piperidine rings is 1. The third kappa shape index (κ3) is 3.46. The van der Waals surface area contributed by atoms with Crippen LogP contribution in [-0.4, -0.2) is 29.9 Å². The van der Waals surface area contributed by atoms with Gasteiger partial charge in [-0.1, -0.05) is 6.07 Å². The minimum atomic E-state index is -1.07. The van der Waals surface area contributed by atoms with Gasteiger partial charge < -0.3 is 10.6 Å². The lowest BCUT2D eigenvalue weighted by Crippen LogP contribution is -2.45. The molecule has 1 aromatic carbocycles. The molecule has 3 nitrogen and oxygen atoms in total. The number of nitrogens with zero attached hydrogens (tertiary/aromatic N) is 1. The molecule has 1 heterocycles. The van der Waals surface area contributed by atoms with Gasteiger partial charge in [0.05, 0.1) is 5.56 Å². The summed E-state index contributed by atoms with van der Waals surface area (Å²) in [6.45, 7) is 2.98. The summed E-state index contributed by atoms with van der Waals surface area (Å²) in [5.74, 6) is -2.31. The van der Waals surface area contributed by atoms with Crippen molar-refractivity contribution in [2.45, 2.75) is 25.8 Å². The van der Waals surface area contributed by atoms with E-state index in [1.165, 1.54) is 12.1 Å². The smallest absolute Gasteiger partial charge is 0.256 e. The molecule has 0 aromatic heterocycles. The summed E-state index contributed by atoms with van der Waals surface area (Å²) in [6.07, 6.45) is 1.81. The standard InChI is InChI=1S/C14H18F2N2O.ClH/c1-9(17)10-4-3-7-18(8-10)14(19)11-5-2-6-12(15)13(11)16;/h2,5-6,9-10H,3-4,7-8,17H2,1H3;1H. The van der Waals surface area contributed by atoms with Crippen molar-refractivity contribution in [3.63, 3.8) is 0 Å². The number of halogens is 3. The third-order valence-electron chi connectivity index (χ3n) is 3.67. The van der Waals surface area contributed by atoms with Gasteiger partial charge in [-0.2, -0.15) is 0 Å². The van der Waals surface area contributed by atoms with E-state index >= 15 is 0 Å². The largest absolute Gasteiger partial charge is 0.338 e. The molecule has 0 radical (unpaired) electrons. The summed E-state index contributed by atoms with van der Waals surface area (Å²) in [5, 5.41) is 0. The topological polar surface area (TPSA) is 46.3 Å². The van der Waals surface area contributed by atoms with Crippen LogP contribution in [0.1, 0.15) is 30.1 Å². The number of amides is 1. The second kappa shape index (κ2) is 6.99. The molecule has 1 fully saturated rings. The average Bonchev–Trinajstić information content (AvgIpc) is 2.41. The summed E-state index contributed by atoms with van der Waals surface area (Å²) < 4.78 is 26.8. The molecule has 0 aliphatic carbocycles. The van der Waals surface area contributed by atoms with Gasteiger partial charge in [0.2, 0.25) is 0 Å². The molecule has 6 heteroatoms.